The predicted molar refractivity (Wildman–Crippen MR) is 39.2 cm³/mol. The summed E-state index contributed by atoms with van der Waals surface area (Å²) in [6.07, 6.45) is 2.30. The van der Waals surface area contributed by atoms with Gasteiger partial charge in [0.2, 0.25) is 0 Å². The lowest BCUT2D eigenvalue weighted by molar-refractivity contribution is 0.473. The monoisotopic (exact) mass is 160 g/mol. The maximum atomic E-state index is 8.95. The van der Waals surface area contributed by atoms with Gasteiger partial charge < -0.3 is 5.11 Å². The van der Waals surface area contributed by atoms with Gasteiger partial charge in [0, 0.05) is 6.54 Å². The molecule has 1 N–H and O–H groups in total. The Morgan fingerprint density at radius 2 is 2.50 bits per heavy atom. The molecule has 0 aromatic carbocycles. The molecule has 0 unspecified atom stereocenters. The maximum Gasteiger partial charge on any atom is 0.172 e. The molecule has 1 aromatic rings. The minimum atomic E-state index is 0.0510. The number of hydrogen-bond acceptors (Lipinski definition) is 2. The molecule has 0 spiro atoms. The van der Waals surface area contributed by atoms with Gasteiger partial charge in [0.1, 0.15) is 0 Å². The van der Waals surface area contributed by atoms with Crippen LogP contribution in [0.4, 0.5) is 0 Å². The van der Waals surface area contributed by atoms with Gasteiger partial charge in [-0.1, -0.05) is 18.5 Å². The molecule has 0 bridgehead atoms. The lowest BCUT2D eigenvalue weighted by atomic mass is 10.5. The summed E-state index contributed by atoms with van der Waals surface area (Å²) in [5, 5.41) is 13.1. The van der Waals surface area contributed by atoms with Gasteiger partial charge in [0.05, 0.1) is 6.20 Å². The molecule has 0 fully saturated rings. The van der Waals surface area contributed by atoms with Crippen molar-refractivity contribution in [2.75, 3.05) is 0 Å². The van der Waals surface area contributed by atoms with Gasteiger partial charge in [0.15, 0.2) is 10.9 Å². The Morgan fingerprint density at radius 1 is 1.80 bits per heavy atom. The minimum absolute atomic E-state index is 0.0510. The summed E-state index contributed by atoms with van der Waals surface area (Å²) in [5.41, 5.74) is 0. The Hall–Kier alpha value is -0.700. The summed E-state index contributed by atoms with van der Waals surface area (Å²) >= 11 is 5.64. The van der Waals surface area contributed by atoms with E-state index >= 15 is 0 Å². The van der Waals surface area contributed by atoms with E-state index in [0.717, 1.165) is 13.0 Å². The van der Waals surface area contributed by atoms with E-state index in [0.29, 0.717) is 5.15 Å². The number of halogens is 1. The molecular formula is C6H9ClN2O. The fraction of sp³-hybridized carbons (Fsp3) is 0.500. The van der Waals surface area contributed by atoms with Gasteiger partial charge in [-0.15, -0.1) is 0 Å². The first-order chi connectivity index (χ1) is 4.75. The molecule has 0 amide bonds. The van der Waals surface area contributed by atoms with E-state index in [-0.39, 0.29) is 5.75 Å². The van der Waals surface area contributed by atoms with E-state index < -0.39 is 0 Å². The summed E-state index contributed by atoms with van der Waals surface area (Å²) in [6.45, 7) is 2.77. The van der Waals surface area contributed by atoms with Gasteiger partial charge in [-0.2, -0.15) is 5.10 Å². The highest BCUT2D eigenvalue weighted by Gasteiger charge is 2.03. The molecule has 1 heterocycles. The third-order valence-corrected chi connectivity index (χ3v) is 1.58. The number of aromatic hydroxyl groups is 1. The standard InChI is InChI=1S/C6H9ClN2O/c1-2-3-9-6(7)5(10)4-8-9/h4,10H,2-3H2,1H3. The van der Waals surface area contributed by atoms with Crippen LogP contribution in [0.2, 0.25) is 5.15 Å². The third-order valence-electron chi connectivity index (χ3n) is 1.19. The number of aryl methyl sites for hydroxylation is 1. The fourth-order valence-corrected chi connectivity index (χ4v) is 0.905. The molecule has 0 atom stereocenters. The lowest BCUT2D eigenvalue weighted by Crippen LogP contribution is -1.97. The van der Waals surface area contributed by atoms with Crippen LogP contribution >= 0.6 is 11.6 Å². The summed E-state index contributed by atoms with van der Waals surface area (Å²) in [7, 11) is 0. The van der Waals surface area contributed by atoms with Crippen LogP contribution in [0.5, 0.6) is 5.75 Å². The first kappa shape index (κ1) is 7.41. The van der Waals surface area contributed by atoms with Crippen molar-refractivity contribution in [3.05, 3.63) is 11.3 Å². The molecule has 1 rings (SSSR count). The molecule has 0 aliphatic carbocycles. The highest BCUT2D eigenvalue weighted by molar-refractivity contribution is 6.30. The van der Waals surface area contributed by atoms with Gasteiger partial charge >= 0.3 is 0 Å². The van der Waals surface area contributed by atoms with Crippen LogP contribution in [-0.4, -0.2) is 14.9 Å². The number of hydrogen-bond donors (Lipinski definition) is 1. The molecule has 4 heteroatoms. The van der Waals surface area contributed by atoms with Gasteiger partial charge in [-0.05, 0) is 6.42 Å². The topological polar surface area (TPSA) is 38.0 Å². The van der Waals surface area contributed by atoms with Crippen molar-refractivity contribution in [1.29, 1.82) is 0 Å². The Labute approximate surface area is 64.2 Å². The Balaban J connectivity index is 2.83. The molecule has 1 aromatic heterocycles. The van der Waals surface area contributed by atoms with Crippen LogP contribution < -0.4 is 0 Å². The SMILES string of the molecule is CCCn1ncc(O)c1Cl. The van der Waals surface area contributed by atoms with Crippen LogP contribution in [0, 0.1) is 0 Å². The lowest BCUT2D eigenvalue weighted by Gasteiger charge is -1.97. The van der Waals surface area contributed by atoms with E-state index in [1.807, 2.05) is 6.92 Å². The number of aromatic nitrogens is 2. The van der Waals surface area contributed by atoms with Crippen molar-refractivity contribution in [3.8, 4) is 5.75 Å². The summed E-state index contributed by atoms with van der Waals surface area (Å²) in [6, 6.07) is 0. The summed E-state index contributed by atoms with van der Waals surface area (Å²) in [4.78, 5) is 0. The normalized spacial score (nSPS) is 10.2. The molecule has 0 saturated heterocycles. The molecule has 0 aliphatic heterocycles. The second-order valence-corrected chi connectivity index (χ2v) is 2.40. The fourth-order valence-electron chi connectivity index (χ4n) is 0.728. The van der Waals surface area contributed by atoms with Crippen molar-refractivity contribution in [2.45, 2.75) is 19.9 Å². The van der Waals surface area contributed by atoms with E-state index in [1.165, 1.54) is 6.20 Å². The summed E-state index contributed by atoms with van der Waals surface area (Å²) in [5.74, 6) is 0.0510. The van der Waals surface area contributed by atoms with Gasteiger partial charge in [-0.25, -0.2) is 0 Å². The highest BCUT2D eigenvalue weighted by atomic mass is 35.5. The van der Waals surface area contributed by atoms with Gasteiger partial charge in [-0.3, -0.25) is 4.68 Å². The zero-order valence-electron chi connectivity index (χ0n) is 5.71. The Morgan fingerprint density at radius 3 is 2.90 bits per heavy atom. The van der Waals surface area contributed by atoms with Crippen LogP contribution in [0.1, 0.15) is 13.3 Å². The van der Waals surface area contributed by atoms with Crippen LogP contribution in [0.3, 0.4) is 0 Å². The molecule has 10 heavy (non-hydrogen) atoms. The minimum Gasteiger partial charge on any atom is -0.504 e. The van der Waals surface area contributed by atoms with E-state index in [4.69, 9.17) is 16.7 Å². The van der Waals surface area contributed by atoms with Crippen molar-refractivity contribution in [3.63, 3.8) is 0 Å². The Bertz CT molecular complexity index is 222. The molecule has 3 nitrogen and oxygen atoms in total. The van der Waals surface area contributed by atoms with Gasteiger partial charge in [0.25, 0.3) is 0 Å². The number of nitrogens with zero attached hydrogens (tertiary/aromatic N) is 2. The van der Waals surface area contributed by atoms with Crippen molar-refractivity contribution < 1.29 is 5.11 Å². The zero-order chi connectivity index (χ0) is 7.56. The quantitative estimate of drug-likeness (QED) is 0.715. The maximum absolute atomic E-state index is 8.95. The third kappa shape index (κ3) is 1.24. The Kier molecular flexibility index (Phi) is 2.17. The average molecular weight is 161 g/mol. The molecule has 56 valence electrons. The molecular weight excluding hydrogens is 152 g/mol. The second kappa shape index (κ2) is 2.92. The largest absolute Gasteiger partial charge is 0.504 e. The zero-order valence-corrected chi connectivity index (χ0v) is 6.47. The smallest absolute Gasteiger partial charge is 0.172 e. The summed E-state index contributed by atoms with van der Waals surface area (Å²) < 4.78 is 1.57. The van der Waals surface area contributed by atoms with E-state index in [1.54, 1.807) is 4.68 Å². The van der Waals surface area contributed by atoms with Crippen molar-refractivity contribution in [1.82, 2.24) is 9.78 Å². The first-order valence-corrected chi connectivity index (χ1v) is 3.53. The first-order valence-electron chi connectivity index (χ1n) is 3.16. The van der Waals surface area contributed by atoms with E-state index in [9.17, 15) is 0 Å². The van der Waals surface area contributed by atoms with Crippen LogP contribution in [0.25, 0.3) is 0 Å². The van der Waals surface area contributed by atoms with E-state index in [2.05, 4.69) is 5.10 Å². The molecule has 0 saturated carbocycles. The predicted octanol–water partition coefficient (Wildman–Crippen LogP) is 1.65. The van der Waals surface area contributed by atoms with Crippen molar-refractivity contribution in [2.24, 2.45) is 0 Å². The second-order valence-electron chi connectivity index (χ2n) is 2.04. The van der Waals surface area contributed by atoms with Crippen LogP contribution in [0.15, 0.2) is 6.20 Å². The highest BCUT2D eigenvalue weighted by Crippen LogP contribution is 2.21. The molecule has 0 aliphatic rings. The number of rotatable bonds is 2. The van der Waals surface area contributed by atoms with Crippen molar-refractivity contribution >= 4 is 11.6 Å². The van der Waals surface area contributed by atoms with Crippen LogP contribution in [-0.2, 0) is 6.54 Å². The average Bonchev–Trinajstić information content (AvgIpc) is 2.20. The molecule has 0 radical (unpaired) electrons.